The SMILES string of the molecule is CCC(=O)c1sc(-c2cccc(F)c2)nc1OC. The zero-order chi connectivity index (χ0) is 13.1. The first-order valence-corrected chi connectivity index (χ1v) is 6.31. The zero-order valence-electron chi connectivity index (χ0n) is 10.1. The maximum Gasteiger partial charge on any atom is 0.236 e. The van der Waals surface area contributed by atoms with E-state index in [9.17, 15) is 9.18 Å². The summed E-state index contributed by atoms with van der Waals surface area (Å²) in [5.41, 5.74) is 0.647. The number of methoxy groups -OCH3 is 1. The summed E-state index contributed by atoms with van der Waals surface area (Å²) in [7, 11) is 1.47. The summed E-state index contributed by atoms with van der Waals surface area (Å²) in [6.07, 6.45) is 0.390. The van der Waals surface area contributed by atoms with Crippen LogP contribution in [0.5, 0.6) is 5.88 Å². The van der Waals surface area contributed by atoms with Crippen LogP contribution in [0.4, 0.5) is 4.39 Å². The number of thiazole rings is 1. The van der Waals surface area contributed by atoms with Gasteiger partial charge in [0.2, 0.25) is 5.88 Å². The third-order valence-electron chi connectivity index (χ3n) is 2.44. The molecule has 0 saturated heterocycles. The van der Waals surface area contributed by atoms with Gasteiger partial charge in [0.15, 0.2) is 5.78 Å². The Kier molecular flexibility index (Phi) is 3.72. The van der Waals surface area contributed by atoms with E-state index in [4.69, 9.17) is 4.74 Å². The Labute approximate surface area is 108 Å². The van der Waals surface area contributed by atoms with Crippen LogP contribution in [0.25, 0.3) is 10.6 Å². The lowest BCUT2D eigenvalue weighted by Gasteiger charge is -1.96. The number of hydrogen-bond acceptors (Lipinski definition) is 4. The third kappa shape index (κ3) is 2.41. The zero-order valence-corrected chi connectivity index (χ0v) is 10.9. The molecular formula is C13H12FNO2S. The van der Waals surface area contributed by atoms with Gasteiger partial charge in [-0.3, -0.25) is 4.79 Å². The highest BCUT2D eigenvalue weighted by molar-refractivity contribution is 7.17. The van der Waals surface area contributed by atoms with Crippen LogP contribution < -0.4 is 4.74 Å². The summed E-state index contributed by atoms with van der Waals surface area (Å²) in [5, 5.41) is 0.586. The van der Waals surface area contributed by atoms with Crippen molar-refractivity contribution in [1.29, 1.82) is 0 Å². The average Bonchev–Trinajstić information content (AvgIpc) is 2.82. The second-order valence-electron chi connectivity index (χ2n) is 3.64. The van der Waals surface area contributed by atoms with Crippen molar-refractivity contribution in [2.45, 2.75) is 13.3 Å². The molecule has 94 valence electrons. The van der Waals surface area contributed by atoms with E-state index >= 15 is 0 Å². The van der Waals surface area contributed by atoms with Crippen LogP contribution >= 0.6 is 11.3 Å². The Hall–Kier alpha value is -1.75. The average molecular weight is 265 g/mol. The van der Waals surface area contributed by atoms with Crippen molar-refractivity contribution in [2.24, 2.45) is 0 Å². The Morgan fingerprint density at radius 3 is 2.89 bits per heavy atom. The van der Waals surface area contributed by atoms with Crippen molar-refractivity contribution in [2.75, 3.05) is 7.11 Å². The van der Waals surface area contributed by atoms with Gasteiger partial charge in [-0.05, 0) is 12.1 Å². The van der Waals surface area contributed by atoms with E-state index in [0.29, 0.717) is 27.7 Å². The van der Waals surface area contributed by atoms with Gasteiger partial charge in [0.25, 0.3) is 0 Å². The second kappa shape index (κ2) is 5.27. The molecule has 0 unspecified atom stereocenters. The van der Waals surface area contributed by atoms with Crippen molar-refractivity contribution in [1.82, 2.24) is 4.98 Å². The molecule has 0 bridgehead atoms. The van der Waals surface area contributed by atoms with Gasteiger partial charge in [0.1, 0.15) is 15.7 Å². The number of benzene rings is 1. The largest absolute Gasteiger partial charge is 0.480 e. The number of Topliss-reactive ketones (excluding diaryl/α,β-unsaturated/α-hetero) is 1. The number of nitrogens with zero attached hydrogens (tertiary/aromatic N) is 1. The molecule has 0 radical (unpaired) electrons. The first kappa shape index (κ1) is 12.7. The van der Waals surface area contributed by atoms with Crippen LogP contribution in [-0.2, 0) is 0 Å². The van der Waals surface area contributed by atoms with Gasteiger partial charge in [0.05, 0.1) is 7.11 Å². The number of ketones is 1. The highest BCUT2D eigenvalue weighted by atomic mass is 32.1. The van der Waals surface area contributed by atoms with Gasteiger partial charge < -0.3 is 4.74 Å². The monoisotopic (exact) mass is 265 g/mol. The summed E-state index contributed by atoms with van der Waals surface area (Å²) >= 11 is 1.23. The predicted molar refractivity (Wildman–Crippen MR) is 68.7 cm³/mol. The number of carbonyl (C=O) groups is 1. The first-order chi connectivity index (χ1) is 8.65. The van der Waals surface area contributed by atoms with E-state index in [2.05, 4.69) is 4.98 Å². The van der Waals surface area contributed by atoms with E-state index in [1.165, 1.54) is 30.6 Å². The minimum atomic E-state index is -0.329. The molecule has 1 aromatic carbocycles. The minimum Gasteiger partial charge on any atom is -0.480 e. The van der Waals surface area contributed by atoms with Gasteiger partial charge >= 0.3 is 0 Å². The molecule has 3 nitrogen and oxygen atoms in total. The quantitative estimate of drug-likeness (QED) is 0.793. The number of carbonyl (C=O) groups excluding carboxylic acids is 1. The highest BCUT2D eigenvalue weighted by Gasteiger charge is 2.18. The van der Waals surface area contributed by atoms with Crippen molar-refractivity contribution >= 4 is 17.1 Å². The lowest BCUT2D eigenvalue weighted by molar-refractivity contribution is 0.0989. The number of hydrogen-bond donors (Lipinski definition) is 0. The highest BCUT2D eigenvalue weighted by Crippen LogP contribution is 2.33. The Balaban J connectivity index is 2.47. The summed E-state index contributed by atoms with van der Waals surface area (Å²) < 4.78 is 18.2. The smallest absolute Gasteiger partial charge is 0.236 e. The van der Waals surface area contributed by atoms with E-state index in [0.717, 1.165) is 0 Å². The van der Waals surface area contributed by atoms with Crippen LogP contribution in [-0.4, -0.2) is 17.9 Å². The van der Waals surface area contributed by atoms with Crippen LogP contribution in [0.1, 0.15) is 23.0 Å². The van der Waals surface area contributed by atoms with Gasteiger partial charge in [-0.25, -0.2) is 9.37 Å². The molecule has 0 fully saturated rings. The number of rotatable bonds is 4. The van der Waals surface area contributed by atoms with Crippen molar-refractivity contribution in [3.05, 3.63) is 35.0 Å². The second-order valence-corrected chi connectivity index (χ2v) is 4.64. The van der Waals surface area contributed by atoms with Crippen LogP contribution in [0.2, 0.25) is 0 Å². The summed E-state index contributed by atoms with van der Waals surface area (Å²) in [6.45, 7) is 1.78. The Morgan fingerprint density at radius 2 is 2.28 bits per heavy atom. The fourth-order valence-electron chi connectivity index (χ4n) is 1.53. The maximum absolute atomic E-state index is 13.1. The molecule has 0 aliphatic carbocycles. The van der Waals surface area contributed by atoms with Gasteiger partial charge in [0, 0.05) is 12.0 Å². The van der Waals surface area contributed by atoms with E-state index in [-0.39, 0.29) is 11.6 Å². The van der Waals surface area contributed by atoms with Gasteiger partial charge in [-0.15, -0.1) is 11.3 Å². The molecule has 5 heteroatoms. The predicted octanol–water partition coefficient (Wildman–Crippen LogP) is 3.55. The van der Waals surface area contributed by atoms with Crippen LogP contribution in [0, 0.1) is 5.82 Å². The molecule has 2 aromatic rings. The number of halogens is 1. The normalized spacial score (nSPS) is 10.4. The van der Waals surface area contributed by atoms with Crippen LogP contribution in [0.15, 0.2) is 24.3 Å². The Morgan fingerprint density at radius 1 is 1.50 bits per heavy atom. The molecule has 18 heavy (non-hydrogen) atoms. The van der Waals surface area contributed by atoms with Crippen molar-refractivity contribution in [3.8, 4) is 16.5 Å². The molecule has 0 aliphatic rings. The molecule has 0 spiro atoms. The van der Waals surface area contributed by atoms with Crippen LogP contribution in [0.3, 0.4) is 0 Å². The lowest BCUT2D eigenvalue weighted by Crippen LogP contribution is -1.96. The summed E-state index contributed by atoms with van der Waals surface area (Å²) in [4.78, 5) is 16.4. The van der Waals surface area contributed by atoms with Gasteiger partial charge in [-0.2, -0.15) is 0 Å². The molecule has 1 aromatic heterocycles. The van der Waals surface area contributed by atoms with Gasteiger partial charge in [-0.1, -0.05) is 19.1 Å². The molecule has 0 saturated carbocycles. The maximum atomic E-state index is 13.1. The molecule has 0 N–H and O–H groups in total. The first-order valence-electron chi connectivity index (χ1n) is 5.49. The molecular weight excluding hydrogens is 253 g/mol. The van der Waals surface area contributed by atoms with Crippen molar-refractivity contribution in [3.63, 3.8) is 0 Å². The Bertz CT molecular complexity index is 580. The third-order valence-corrected chi connectivity index (χ3v) is 3.56. The van der Waals surface area contributed by atoms with E-state index in [1.807, 2.05) is 0 Å². The fraction of sp³-hybridized carbons (Fsp3) is 0.231. The molecule has 2 rings (SSSR count). The summed E-state index contributed by atoms with van der Waals surface area (Å²) in [5.74, 6) is -0.0388. The molecule has 0 amide bonds. The number of aromatic nitrogens is 1. The minimum absolute atomic E-state index is 0.0213. The molecule has 0 aliphatic heterocycles. The van der Waals surface area contributed by atoms with E-state index < -0.39 is 0 Å². The standard InChI is InChI=1S/C13H12FNO2S/c1-3-10(16)11-12(17-2)15-13(18-11)8-5-4-6-9(14)7-8/h4-7H,3H2,1-2H3. The number of ether oxygens (including phenoxy) is 1. The van der Waals surface area contributed by atoms with Crippen molar-refractivity contribution < 1.29 is 13.9 Å². The summed E-state index contributed by atoms with van der Waals surface area (Å²) in [6, 6.07) is 6.12. The fourth-order valence-corrected chi connectivity index (χ4v) is 2.57. The van der Waals surface area contributed by atoms with E-state index in [1.54, 1.807) is 19.1 Å². The lowest BCUT2D eigenvalue weighted by atomic mass is 10.2. The molecule has 1 heterocycles. The molecule has 0 atom stereocenters. The topological polar surface area (TPSA) is 39.2 Å².